The maximum Gasteiger partial charge on any atom is 0.221 e. The number of nitrogens with one attached hydrogen (secondary N) is 1. The Morgan fingerprint density at radius 2 is 2.10 bits per heavy atom. The summed E-state index contributed by atoms with van der Waals surface area (Å²) in [6.45, 7) is 2.07. The Labute approximate surface area is 125 Å². The molecule has 1 aliphatic carbocycles. The lowest BCUT2D eigenvalue weighted by Crippen LogP contribution is -2.36. The molecule has 0 heterocycles. The Morgan fingerprint density at radius 3 is 2.85 bits per heavy atom. The number of carbonyl (C=O) groups excluding carboxylic acids is 1. The van der Waals surface area contributed by atoms with E-state index in [4.69, 9.17) is 5.73 Å². The molecule has 3 N–H and O–H groups in total. The van der Waals surface area contributed by atoms with Crippen molar-refractivity contribution in [1.29, 1.82) is 0 Å². The van der Waals surface area contributed by atoms with Crippen LogP contribution in [0.3, 0.4) is 0 Å². The Balaban J connectivity index is 1.72. The number of benzene rings is 1. The molecule has 2 rings (SSSR count). The first-order valence-electron chi connectivity index (χ1n) is 7.43. The lowest BCUT2D eigenvalue weighted by Gasteiger charge is -2.22. The third-order valence-corrected chi connectivity index (χ3v) is 4.93. The highest BCUT2D eigenvalue weighted by Crippen LogP contribution is 2.25. The van der Waals surface area contributed by atoms with E-state index in [1.807, 2.05) is 18.2 Å². The lowest BCUT2D eigenvalue weighted by atomic mass is 9.95. The van der Waals surface area contributed by atoms with E-state index in [-0.39, 0.29) is 5.91 Å². The van der Waals surface area contributed by atoms with Gasteiger partial charge in [-0.3, -0.25) is 4.79 Å². The molecule has 20 heavy (non-hydrogen) atoms. The van der Waals surface area contributed by atoms with Crippen LogP contribution in [0.1, 0.15) is 44.1 Å². The van der Waals surface area contributed by atoms with Crippen LogP contribution < -0.4 is 11.1 Å². The first kappa shape index (κ1) is 15.2. The van der Waals surface area contributed by atoms with Gasteiger partial charge in [0.15, 0.2) is 0 Å². The minimum atomic E-state index is 0.186. The summed E-state index contributed by atoms with van der Waals surface area (Å²) in [5.41, 5.74) is 7.79. The van der Waals surface area contributed by atoms with Crippen LogP contribution in [0, 0.1) is 6.92 Å². The van der Waals surface area contributed by atoms with E-state index in [1.165, 1.54) is 29.7 Å². The molecule has 1 fully saturated rings. The van der Waals surface area contributed by atoms with Gasteiger partial charge < -0.3 is 11.1 Å². The molecule has 0 bridgehead atoms. The molecular formula is C16H24N2OS. The molecule has 0 atom stereocenters. The Kier molecular flexibility index (Phi) is 5.77. The molecular weight excluding hydrogens is 268 g/mol. The molecule has 4 heteroatoms. The number of rotatable bonds is 5. The zero-order valence-electron chi connectivity index (χ0n) is 12.2. The van der Waals surface area contributed by atoms with Gasteiger partial charge in [-0.15, -0.1) is 11.8 Å². The normalized spacial score (nSPS) is 16.1. The van der Waals surface area contributed by atoms with E-state index >= 15 is 0 Å². The van der Waals surface area contributed by atoms with Crippen LogP contribution in [0.15, 0.2) is 23.1 Å². The fraction of sp³-hybridized carbons (Fsp3) is 0.562. The average Bonchev–Trinajstić information content (AvgIpc) is 2.44. The van der Waals surface area contributed by atoms with Crippen molar-refractivity contribution in [2.45, 2.75) is 56.4 Å². The summed E-state index contributed by atoms with van der Waals surface area (Å²) < 4.78 is 0. The lowest BCUT2D eigenvalue weighted by molar-refractivity contribution is -0.121. The summed E-state index contributed by atoms with van der Waals surface area (Å²) in [6, 6.07) is 6.34. The van der Waals surface area contributed by atoms with Crippen molar-refractivity contribution < 1.29 is 4.79 Å². The Hall–Kier alpha value is -1.16. The number of hydrogen-bond acceptors (Lipinski definition) is 3. The fourth-order valence-electron chi connectivity index (χ4n) is 2.57. The van der Waals surface area contributed by atoms with Gasteiger partial charge in [0, 0.05) is 28.8 Å². The van der Waals surface area contributed by atoms with Crippen molar-refractivity contribution in [2.24, 2.45) is 0 Å². The van der Waals surface area contributed by atoms with Crippen LogP contribution in [0.25, 0.3) is 0 Å². The number of hydrogen-bond donors (Lipinski definition) is 2. The molecule has 0 spiro atoms. The number of nitrogen functional groups attached to an aromatic ring is 1. The van der Waals surface area contributed by atoms with Gasteiger partial charge in [-0.05, 0) is 37.5 Å². The van der Waals surface area contributed by atoms with Gasteiger partial charge in [0.25, 0.3) is 0 Å². The molecule has 1 amide bonds. The number of aryl methyl sites for hydroxylation is 1. The zero-order valence-corrected chi connectivity index (χ0v) is 13.0. The largest absolute Gasteiger partial charge is 0.399 e. The third-order valence-electron chi connectivity index (χ3n) is 3.77. The molecule has 1 aromatic rings. The van der Waals surface area contributed by atoms with Crippen LogP contribution in [0.2, 0.25) is 0 Å². The monoisotopic (exact) mass is 292 g/mol. The first-order chi connectivity index (χ1) is 9.65. The van der Waals surface area contributed by atoms with Gasteiger partial charge in [0.1, 0.15) is 0 Å². The van der Waals surface area contributed by atoms with Gasteiger partial charge in [-0.25, -0.2) is 0 Å². The van der Waals surface area contributed by atoms with E-state index in [0.717, 1.165) is 24.3 Å². The molecule has 1 aromatic carbocycles. The fourth-order valence-corrected chi connectivity index (χ4v) is 3.60. The Bertz CT molecular complexity index is 456. The van der Waals surface area contributed by atoms with E-state index in [2.05, 4.69) is 12.2 Å². The molecule has 3 nitrogen and oxygen atoms in total. The highest BCUT2D eigenvalue weighted by molar-refractivity contribution is 7.99. The van der Waals surface area contributed by atoms with Crippen molar-refractivity contribution in [3.8, 4) is 0 Å². The molecule has 1 saturated carbocycles. The van der Waals surface area contributed by atoms with Crippen molar-refractivity contribution >= 4 is 23.4 Å². The van der Waals surface area contributed by atoms with E-state index in [0.29, 0.717) is 12.5 Å². The summed E-state index contributed by atoms with van der Waals surface area (Å²) in [7, 11) is 0. The third kappa shape index (κ3) is 4.75. The minimum Gasteiger partial charge on any atom is -0.399 e. The quantitative estimate of drug-likeness (QED) is 0.645. The SMILES string of the molecule is Cc1ccc(N)cc1SCCC(=O)NC1CCCCC1. The van der Waals surface area contributed by atoms with Crippen molar-refractivity contribution in [2.75, 3.05) is 11.5 Å². The molecule has 110 valence electrons. The molecule has 0 radical (unpaired) electrons. The molecule has 1 aliphatic rings. The van der Waals surface area contributed by atoms with Crippen LogP contribution in [0.5, 0.6) is 0 Å². The summed E-state index contributed by atoms with van der Waals surface area (Å²) in [4.78, 5) is 13.1. The smallest absolute Gasteiger partial charge is 0.221 e. The van der Waals surface area contributed by atoms with Crippen LogP contribution in [-0.2, 0) is 4.79 Å². The van der Waals surface area contributed by atoms with Gasteiger partial charge >= 0.3 is 0 Å². The maximum atomic E-state index is 11.9. The highest BCUT2D eigenvalue weighted by Gasteiger charge is 2.15. The standard InChI is InChI=1S/C16H24N2OS/c1-12-7-8-13(17)11-15(12)20-10-9-16(19)18-14-5-3-2-4-6-14/h7-8,11,14H,2-6,9-10,17H2,1H3,(H,18,19). The van der Waals surface area contributed by atoms with Crippen molar-refractivity contribution in [1.82, 2.24) is 5.32 Å². The predicted molar refractivity (Wildman–Crippen MR) is 85.9 cm³/mol. The molecule has 0 saturated heterocycles. The second-order valence-corrected chi connectivity index (χ2v) is 6.66. The van der Waals surface area contributed by atoms with Crippen LogP contribution >= 0.6 is 11.8 Å². The average molecular weight is 292 g/mol. The van der Waals surface area contributed by atoms with Gasteiger partial charge in [-0.1, -0.05) is 25.3 Å². The van der Waals surface area contributed by atoms with E-state index in [9.17, 15) is 4.79 Å². The summed E-state index contributed by atoms with van der Waals surface area (Å²) in [6.07, 6.45) is 6.69. The number of nitrogens with two attached hydrogens (primary N) is 1. The minimum absolute atomic E-state index is 0.186. The number of anilines is 1. The van der Waals surface area contributed by atoms with E-state index in [1.54, 1.807) is 11.8 Å². The highest BCUT2D eigenvalue weighted by atomic mass is 32.2. The number of amides is 1. The number of carbonyl (C=O) groups is 1. The van der Waals surface area contributed by atoms with E-state index < -0.39 is 0 Å². The summed E-state index contributed by atoms with van der Waals surface area (Å²) >= 11 is 1.71. The van der Waals surface area contributed by atoms with Gasteiger partial charge in [0.05, 0.1) is 0 Å². The molecule has 0 aromatic heterocycles. The molecule has 0 aliphatic heterocycles. The van der Waals surface area contributed by atoms with Crippen LogP contribution in [-0.4, -0.2) is 17.7 Å². The topological polar surface area (TPSA) is 55.1 Å². The Morgan fingerprint density at radius 1 is 1.35 bits per heavy atom. The zero-order chi connectivity index (χ0) is 14.4. The predicted octanol–water partition coefficient (Wildman–Crippen LogP) is 3.51. The second-order valence-electron chi connectivity index (χ2n) is 5.53. The first-order valence-corrected chi connectivity index (χ1v) is 8.42. The second kappa shape index (κ2) is 7.58. The van der Waals surface area contributed by atoms with Crippen molar-refractivity contribution in [3.63, 3.8) is 0 Å². The van der Waals surface area contributed by atoms with Crippen LogP contribution in [0.4, 0.5) is 5.69 Å². The number of thioether (sulfide) groups is 1. The molecule has 0 unspecified atom stereocenters. The van der Waals surface area contributed by atoms with Crippen molar-refractivity contribution in [3.05, 3.63) is 23.8 Å². The van der Waals surface area contributed by atoms with Gasteiger partial charge in [0.2, 0.25) is 5.91 Å². The summed E-state index contributed by atoms with van der Waals surface area (Å²) in [5, 5.41) is 3.15. The maximum absolute atomic E-state index is 11.9. The van der Waals surface area contributed by atoms with Gasteiger partial charge in [-0.2, -0.15) is 0 Å². The summed E-state index contributed by atoms with van der Waals surface area (Å²) in [5.74, 6) is 0.994.